The molecule has 24 heavy (non-hydrogen) atoms. The molecule has 0 saturated carbocycles. The molecule has 0 bridgehead atoms. The fourth-order valence-electron chi connectivity index (χ4n) is 2.22. The van der Waals surface area contributed by atoms with Crippen molar-refractivity contribution in [3.8, 4) is 0 Å². The molecule has 0 aliphatic carbocycles. The average molecular weight is 349 g/mol. The van der Waals surface area contributed by atoms with Gasteiger partial charge in [0.05, 0.1) is 17.9 Å². The molecule has 0 fully saturated rings. The number of carbonyl (C=O) groups is 1. The number of ether oxygens (including phenoxy) is 1. The highest BCUT2D eigenvalue weighted by Gasteiger charge is 2.29. The summed E-state index contributed by atoms with van der Waals surface area (Å²) in [5, 5.41) is 3.72. The first-order chi connectivity index (χ1) is 11.5. The monoisotopic (exact) mass is 349 g/mol. The van der Waals surface area contributed by atoms with Crippen LogP contribution >= 0.6 is 0 Å². The van der Waals surface area contributed by atoms with Crippen molar-refractivity contribution >= 4 is 21.8 Å². The number of aryl methyl sites for hydroxylation is 1. The second kappa shape index (κ2) is 6.44. The van der Waals surface area contributed by atoms with Crippen LogP contribution in [0.25, 0.3) is 0 Å². The highest BCUT2D eigenvalue weighted by atomic mass is 32.2. The summed E-state index contributed by atoms with van der Waals surface area (Å²) in [6.07, 6.45) is 0.0320. The molecule has 2 heterocycles. The summed E-state index contributed by atoms with van der Waals surface area (Å²) in [4.78, 5) is 16.0. The third kappa shape index (κ3) is 3.46. The minimum Gasteiger partial charge on any atom is -0.459 e. The van der Waals surface area contributed by atoms with Gasteiger partial charge in [0, 0.05) is 11.6 Å². The maximum absolute atomic E-state index is 11.9. The SMILES string of the molecule is Cc1cc(COC(=O)CCN=C2NS(=O)(=O)c3ccccc32)no1. The number of sulfonamides is 1. The van der Waals surface area contributed by atoms with Gasteiger partial charge in [0.25, 0.3) is 10.0 Å². The number of benzene rings is 1. The van der Waals surface area contributed by atoms with Crippen molar-refractivity contribution in [1.29, 1.82) is 0 Å². The van der Waals surface area contributed by atoms with Crippen molar-refractivity contribution in [2.24, 2.45) is 4.99 Å². The number of aliphatic imine (C=N–C) groups is 1. The number of hydrogen-bond acceptors (Lipinski definition) is 7. The van der Waals surface area contributed by atoms with E-state index in [0.717, 1.165) is 0 Å². The Morgan fingerprint density at radius 2 is 2.17 bits per heavy atom. The Balaban J connectivity index is 1.56. The average Bonchev–Trinajstić information content (AvgIpc) is 3.07. The van der Waals surface area contributed by atoms with Crippen LogP contribution in [0.4, 0.5) is 0 Å². The molecule has 126 valence electrons. The van der Waals surface area contributed by atoms with Gasteiger partial charge in [-0.1, -0.05) is 17.3 Å². The molecule has 1 aromatic heterocycles. The second-order valence-electron chi connectivity index (χ2n) is 5.17. The number of hydrogen-bond donors (Lipinski definition) is 1. The van der Waals surface area contributed by atoms with Gasteiger partial charge in [-0.15, -0.1) is 0 Å². The molecule has 1 aliphatic rings. The second-order valence-corrected chi connectivity index (χ2v) is 6.82. The summed E-state index contributed by atoms with van der Waals surface area (Å²) in [5.74, 6) is 0.430. The summed E-state index contributed by atoms with van der Waals surface area (Å²) in [7, 11) is -3.57. The smallest absolute Gasteiger partial charge is 0.308 e. The van der Waals surface area contributed by atoms with E-state index in [0.29, 0.717) is 17.0 Å². The lowest BCUT2D eigenvalue weighted by atomic mass is 10.2. The van der Waals surface area contributed by atoms with Crippen molar-refractivity contribution in [3.05, 3.63) is 47.3 Å². The molecule has 0 radical (unpaired) electrons. The molecule has 0 amide bonds. The first-order valence-corrected chi connectivity index (χ1v) is 8.68. The maximum atomic E-state index is 11.9. The minimum absolute atomic E-state index is 0.0300. The van der Waals surface area contributed by atoms with Gasteiger partial charge in [0.2, 0.25) is 0 Å². The van der Waals surface area contributed by atoms with E-state index in [1.54, 1.807) is 31.2 Å². The number of rotatable bonds is 5. The topological polar surface area (TPSA) is 111 Å². The normalized spacial score (nSPS) is 16.6. The summed E-state index contributed by atoms with van der Waals surface area (Å²) in [5.41, 5.74) is 1.04. The van der Waals surface area contributed by atoms with E-state index in [1.807, 2.05) is 0 Å². The van der Waals surface area contributed by atoms with Crippen molar-refractivity contribution < 1.29 is 22.5 Å². The first kappa shape index (κ1) is 16.2. The predicted octanol–water partition coefficient (Wildman–Crippen LogP) is 1.16. The zero-order valence-electron chi connectivity index (χ0n) is 12.9. The predicted molar refractivity (Wildman–Crippen MR) is 83.8 cm³/mol. The number of aromatic nitrogens is 1. The standard InChI is InChI=1S/C15H15N3O5S/c1-10-8-11(17-23-10)9-22-14(19)6-7-16-15-12-4-2-3-5-13(12)24(20,21)18-15/h2-5,8H,6-7,9H2,1H3,(H,16,18). The Morgan fingerprint density at radius 3 is 2.92 bits per heavy atom. The van der Waals surface area contributed by atoms with Crippen LogP contribution in [-0.2, 0) is 26.2 Å². The zero-order chi connectivity index (χ0) is 17.2. The largest absolute Gasteiger partial charge is 0.459 e. The number of carbonyl (C=O) groups excluding carboxylic acids is 1. The van der Waals surface area contributed by atoms with Crippen molar-refractivity contribution in [2.75, 3.05) is 6.54 Å². The molecular weight excluding hydrogens is 334 g/mol. The third-order valence-corrected chi connectivity index (χ3v) is 4.70. The molecule has 2 aromatic rings. The van der Waals surface area contributed by atoms with E-state index in [2.05, 4.69) is 14.9 Å². The first-order valence-electron chi connectivity index (χ1n) is 7.20. The van der Waals surface area contributed by atoms with Crippen molar-refractivity contribution in [1.82, 2.24) is 9.88 Å². The Kier molecular flexibility index (Phi) is 4.34. The quantitative estimate of drug-likeness (QED) is 0.811. The molecule has 0 spiro atoms. The van der Waals surface area contributed by atoms with E-state index in [9.17, 15) is 13.2 Å². The number of amidine groups is 1. The van der Waals surface area contributed by atoms with Crippen LogP contribution in [0.5, 0.6) is 0 Å². The molecule has 0 saturated heterocycles. The molecule has 1 aromatic carbocycles. The van der Waals surface area contributed by atoms with Gasteiger partial charge < -0.3 is 9.26 Å². The zero-order valence-corrected chi connectivity index (χ0v) is 13.7. The van der Waals surface area contributed by atoms with Crippen LogP contribution < -0.4 is 4.72 Å². The number of esters is 1. The number of nitrogens with one attached hydrogen (secondary N) is 1. The van der Waals surface area contributed by atoms with Gasteiger partial charge in [-0.2, -0.15) is 0 Å². The molecule has 1 N–H and O–H groups in total. The van der Waals surface area contributed by atoms with Crippen LogP contribution in [0.3, 0.4) is 0 Å². The van der Waals surface area contributed by atoms with Gasteiger partial charge in [-0.05, 0) is 19.1 Å². The number of fused-ring (bicyclic) bond motifs is 1. The highest BCUT2D eigenvalue weighted by molar-refractivity contribution is 7.90. The summed E-state index contributed by atoms with van der Waals surface area (Å²) >= 11 is 0. The van der Waals surface area contributed by atoms with E-state index in [1.165, 1.54) is 6.07 Å². The lowest BCUT2D eigenvalue weighted by molar-refractivity contribution is -0.144. The maximum Gasteiger partial charge on any atom is 0.308 e. The van der Waals surface area contributed by atoms with E-state index in [-0.39, 0.29) is 30.3 Å². The van der Waals surface area contributed by atoms with Crippen molar-refractivity contribution in [3.63, 3.8) is 0 Å². The highest BCUT2D eigenvalue weighted by Crippen LogP contribution is 2.22. The molecule has 3 rings (SSSR count). The summed E-state index contributed by atoms with van der Waals surface area (Å²) in [6.45, 7) is 1.89. The van der Waals surface area contributed by atoms with Gasteiger partial charge in [-0.3, -0.25) is 14.5 Å². The minimum atomic E-state index is -3.57. The fraction of sp³-hybridized carbons (Fsp3) is 0.267. The molecule has 0 atom stereocenters. The van der Waals surface area contributed by atoms with Gasteiger partial charge >= 0.3 is 5.97 Å². The van der Waals surface area contributed by atoms with Crippen LogP contribution in [0.2, 0.25) is 0 Å². The van der Waals surface area contributed by atoms with Gasteiger partial charge in [0.1, 0.15) is 23.9 Å². The molecule has 0 unspecified atom stereocenters. The lowest BCUT2D eigenvalue weighted by Crippen LogP contribution is -2.22. The van der Waals surface area contributed by atoms with Crippen molar-refractivity contribution in [2.45, 2.75) is 24.8 Å². The van der Waals surface area contributed by atoms with Gasteiger partial charge in [0.15, 0.2) is 0 Å². The van der Waals surface area contributed by atoms with Crippen LogP contribution in [0, 0.1) is 6.92 Å². The molecular formula is C15H15N3O5S. The van der Waals surface area contributed by atoms with Crippen LogP contribution in [0.15, 0.2) is 44.7 Å². The molecule has 9 heteroatoms. The van der Waals surface area contributed by atoms with E-state index >= 15 is 0 Å². The third-order valence-electron chi connectivity index (χ3n) is 3.31. The van der Waals surface area contributed by atoms with E-state index in [4.69, 9.17) is 9.26 Å². The van der Waals surface area contributed by atoms with Gasteiger partial charge in [-0.25, -0.2) is 8.42 Å². The van der Waals surface area contributed by atoms with E-state index < -0.39 is 16.0 Å². The van der Waals surface area contributed by atoms with Crippen LogP contribution in [-0.4, -0.2) is 31.9 Å². The molecule has 8 nitrogen and oxygen atoms in total. The number of nitrogens with zero attached hydrogens (tertiary/aromatic N) is 2. The Morgan fingerprint density at radius 1 is 1.38 bits per heavy atom. The summed E-state index contributed by atoms with van der Waals surface area (Å²) < 4.78 is 36.1. The fourth-order valence-corrected chi connectivity index (χ4v) is 3.47. The Hall–Kier alpha value is -2.68. The van der Waals surface area contributed by atoms with Crippen LogP contribution in [0.1, 0.15) is 23.4 Å². The lowest BCUT2D eigenvalue weighted by Gasteiger charge is -2.01. The Bertz CT molecular complexity index is 901. The Labute approximate surface area is 138 Å². The summed E-state index contributed by atoms with van der Waals surface area (Å²) in [6, 6.07) is 8.22. The molecule has 1 aliphatic heterocycles.